The highest BCUT2D eigenvalue weighted by molar-refractivity contribution is 6.09. The largest absolute Gasteiger partial charge is 0.368 e. The van der Waals surface area contributed by atoms with Crippen LogP contribution in [0.15, 0.2) is 11.1 Å². The molecule has 4 amide bonds. The topological polar surface area (TPSA) is 87.0 Å². The van der Waals surface area contributed by atoms with Crippen LogP contribution in [0.2, 0.25) is 0 Å². The fourth-order valence-corrected chi connectivity index (χ4v) is 5.64. The molecule has 2 N–H and O–H groups in total. The maximum atomic E-state index is 13.1. The molecule has 2 aliphatic heterocycles. The van der Waals surface area contributed by atoms with Crippen LogP contribution >= 0.6 is 0 Å². The second-order valence-electron chi connectivity index (χ2n) is 9.50. The Morgan fingerprint density at radius 3 is 2.34 bits per heavy atom. The summed E-state index contributed by atoms with van der Waals surface area (Å²) in [7, 11) is 0. The van der Waals surface area contributed by atoms with Crippen molar-refractivity contribution in [2.75, 3.05) is 32.7 Å². The van der Waals surface area contributed by atoms with Crippen molar-refractivity contribution in [2.45, 2.75) is 71.8 Å². The fourth-order valence-electron chi connectivity index (χ4n) is 5.64. The molecule has 0 saturated carbocycles. The summed E-state index contributed by atoms with van der Waals surface area (Å²) in [5.41, 5.74) is 7.86. The van der Waals surface area contributed by atoms with Gasteiger partial charge in [-0.2, -0.15) is 0 Å². The van der Waals surface area contributed by atoms with Crippen molar-refractivity contribution in [3.8, 4) is 0 Å². The molecule has 0 aromatic heterocycles. The molecule has 0 aromatic carbocycles. The Hall–Kier alpha value is -1.89. The van der Waals surface area contributed by atoms with Gasteiger partial charge in [0.1, 0.15) is 12.1 Å². The molecule has 2 saturated heterocycles. The van der Waals surface area contributed by atoms with Gasteiger partial charge in [0.05, 0.1) is 0 Å². The number of carbonyl (C=O) groups excluding carboxylic acids is 3. The number of likely N-dealkylation sites (tertiary alicyclic amines) is 1. The van der Waals surface area contributed by atoms with Crippen LogP contribution in [-0.2, 0) is 9.59 Å². The molecular formula is C22H36N4O3. The summed E-state index contributed by atoms with van der Waals surface area (Å²) in [6.07, 6.45) is 6.04. The molecule has 2 fully saturated rings. The Morgan fingerprint density at radius 2 is 1.79 bits per heavy atom. The van der Waals surface area contributed by atoms with Gasteiger partial charge in [-0.15, -0.1) is 0 Å². The summed E-state index contributed by atoms with van der Waals surface area (Å²) in [6.45, 7) is 11.5. The fraction of sp³-hybridized carbons (Fsp3) is 0.773. The molecule has 3 aliphatic rings. The summed E-state index contributed by atoms with van der Waals surface area (Å²) < 4.78 is 0. The van der Waals surface area contributed by atoms with E-state index in [4.69, 9.17) is 5.73 Å². The molecule has 1 spiro atoms. The lowest BCUT2D eigenvalue weighted by molar-refractivity contribution is -0.137. The molecule has 3 rings (SSSR count). The standard InChI is InChI=1S/C22H36N4O3/c1-5-26-20(29)25(15-18(23)27)19(28)22(26)10-13-24(14-11-22)12-8-17-16(2)7-6-9-21(17,3)4/h5-15H2,1-4H3,(H2,23,27). The average molecular weight is 405 g/mol. The molecule has 29 heavy (non-hydrogen) atoms. The first-order valence-corrected chi connectivity index (χ1v) is 11.0. The average Bonchev–Trinajstić information content (AvgIpc) is 2.83. The van der Waals surface area contributed by atoms with E-state index in [1.54, 1.807) is 16.0 Å². The smallest absolute Gasteiger partial charge is 0.328 e. The number of allylic oxidation sites excluding steroid dienone is 1. The lowest BCUT2D eigenvalue weighted by Crippen LogP contribution is -2.56. The van der Waals surface area contributed by atoms with Gasteiger partial charge in [0, 0.05) is 26.2 Å². The van der Waals surface area contributed by atoms with E-state index in [0.29, 0.717) is 19.4 Å². The van der Waals surface area contributed by atoms with Gasteiger partial charge in [-0.25, -0.2) is 4.79 Å². The van der Waals surface area contributed by atoms with Crippen molar-refractivity contribution in [1.82, 2.24) is 14.7 Å². The van der Waals surface area contributed by atoms with Gasteiger partial charge >= 0.3 is 6.03 Å². The third-order valence-corrected chi connectivity index (χ3v) is 7.30. The second kappa shape index (κ2) is 8.09. The summed E-state index contributed by atoms with van der Waals surface area (Å²) in [5.74, 6) is -0.911. The minimum atomic E-state index is -0.808. The molecular weight excluding hydrogens is 368 g/mol. The number of carbonyl (C=O) groups is 3. The molecule has 1 aliphatic carbocycles. The Morgan fingerprint density at radius 1 is 1.14 bits per heavy atom. The molecule has 0 aromatic rings. The van der Waals surface area contributed by atoms with Gasteiger partial charge in [0.15, 0.2) is 0 Å². The van der Waals surface area contributed by atoms with Crippen molar-refractivity contribution in [1.29, 1.82) is 0 Å². The number of amides is 4. The Balaban J connectivity index is 1.65. The van der Waals surface area contributed by atoms with Crippen molar-refractivity contribution in [3.63, 3.8) is 0 Å². The van der Waals surface area contributed by atoms with Crippen LogP contribution < -0.4 is 5.73 Å². The number of hydrogen-bond acceptors (Lipinski definition) is 4. The zero-order valence-corrected chi connectivity index (χ0v) is 18.4. The summed E-state index contributed by atoms with van der Waals surface area (Å²) in [6, 6.07) is -0.380. The predicted molar refractivity (Wildman–Crippen MR) is 112 cm³/mol. The highest BCUT2D eigenvalue weighted by Gasteiger charge is 2.57. The molecule has 0 bridgehead atoms. The van der Waals surface area contributed by atoms with Gasteiger partial charge in [-0.3, -0.25) is 14.5 Å². The highest BCUT2D eigenvalue weighted by Crippen LogP contribution is 2.42. The van der Waals surface area contributed by atoms with E-state index in [0.717, 1.165) is 31.0 Å². The Bertz CT molecular complexity index is 720. The molecule has 0 radical (unpaired) electrons. The first-order chi connectivity index (χ1) is 13.6. The van der Waals surface area contributed by atoms with Crippen LogP contribution in [0, 0.1) is 5.41 Å². The van der Waals surface area contributed by atoms with Crippen molar-refractivity contribution in [2.24, 2.45) is 11.1 Å². The molecule has 7 heteroatoms. The lowest BCUT2D eigenvalue weighted by Gasteiger charge is -2.42. The highest BCUT2D eigenvalue weighted by atomic mass is 16.2. The second-order valence-corrected chi connectivity index (χ2v) is 9.50. The zero-order chi connectivity index (χ0) is 21.4. The van der Waals surface area contributed by atoms with Crippen LogP contribution in [0.3, 0.4) is 0 Å². The van der Waals surface area contributed by atoms with Crippen LogP contribution in [0.25, 0.3) is 0 Å². The summed E-state index contributed by atoms with van der Waals surface area (Å²) >= 11 is 0. The number of nitrogens with zero attached hydrogens (tertiary/aromatic N) is 3. The number of imide groups is 1. The number of urea groups is 1. The summed E-state index contributed by atoms with van der Waals surface area (Å²) in [5, 5.41) is 0. The molecule has 0 unspecified atom stereocenters. The van der Waals surface area contributed by atoms with Crippen molar-refractivity contribution >= 4 is 17.8 Å². The van der Waals surface area contributed by atoms with Crippen LogP contribution in [0.5, 0.6) is 0 Å². The van der Waals surface area contributed by atoms with Crippen molar-refractivity contribution < 1.29 is 14.4 Å². The van der Waals surface area contributed by atoms with Gasteiger partial charge in [0.2, 0.25) is 5.91 Å². The quantitative estimate of drug-likeness (QED) is 0.544. The maximum Gasteiger partial charge on any atom is 0.328 e. The first kappa shape index (κ1) is 21.8. The first-order valence-electron chi connectivity index (χ1n) is 11.0. The van der Waals surface area contributed by atoms with Crippen LogP contribution in [0.1, 0.15) is 66.2 Å². The number of primary amides is 1. The predicted octanol–water partition coefficient (Wildman–Crippen LogP) is 2.51. The third kappa shape index (κ3) is 3.93. The third-order valence-electron chi connectivity index (χ3n) is 7.30. The molecule has 2 heterocycles. The SMILES string of the molecule is CCN1C(=O)N(CC(N)=O)C(=O)C12CCN(CCC1=C(C)CCCC1(C)C)CC2. The van der Waals surface area contributed by atoms with E-state index in [-0.39, 0.29) is 23.9 Å². The van der Waals surface area contributed by atoms with E-state index in [9.17, 15) is 14.4 Å². The molecule has 0 atom stereocenters. The van der Waals surface area contributed by atoms with E-state index in [1.165, 1.54) is 19.3 Å². The van der Waals surface area contributed by atoms with Crippen LogP contribution in [-0.4, -0.2) is 70.8 Å². The lowest BCUT2D eigenvalue weighted by atomic mass is 9.71. The Labute approximate surface area is 174 Å². The minimum absolute atomic E-state index is 0.255. The molecule has 7 nitrogen and oxygen atoms in total. The normalized spacial score (nSPS) is 24.7. The number of hydrogen-bond donors (Lipinski definition) is 1. The summed E-state index contributed by atoms with van der Waals surface area (Å²) in [4.78, 5) is 42.2. The van der Waals surface area contributed by atoms with Gasteiger partial charge in [0.25, 0.3) is 5.91 Å². The van der Waals surface area contributed by atoms with Gasteiger partial charge < -0.3 is 15.5 Å². The van der Waals surface area contributed by atoms with Crippen LogP contribution in [0.4, 0.5) is 4.79 Å². The monoisotopic (exact) mass is 404 g/mol. The Kier molecular flexibility index (Phi) is 6.08. The van der Waals surface area contributed by atoms with Crippen molar-refractivity contribution in [3.05, 3.63) is 11.1 Å². The number of nitrogens with two attached hydrogens (primary N) is 1. The van der Waals surface area contributed by atoms with E-state index < -0.39 is 11.4 Å². The van der Waals surface area contributed by atoms with E-state index in [1.807, 2.05) is 6.92 Å². The number of likely N-dealkylation sites (N-methyl/N-ethyl adjacent to an activating group) is 1. The van der Waals surface area contributed by atoms with E-state index in [2.05, 4.69) is 25.7 Å². The number of rotatable bonds is 6. The maximum absolute atomic E-state index is 13.1. The van der Waals surface area contributed by atoms with Gasteiger partial charge in [-0.1, -0.05) is 25.0 Å². The minimum Gasteiger partial charge on any atom is -0.368 e. The molecule has 162 valence electrons. The van der Waals surface area contributed by atoms with Gasteiger partial charge in [-0.05, 0) is 57.8 Å². The number of piperidine rings is 1. The van der Waals surface area contributed by atoms with E-state index >= 15 is 0 Å². The zero-order valence-electron chi connectivity index (χ0n) is 18.4.